The fraction of sp³-hybridized carbons (Fsp3) is 0.429. The molecule has 0 aliphatic rings. The van der Waals surface area contributed by atoms with Crippen molar-refractivity contribution in [3.05, 3.63) is 6.33 Å². The van der Waals surface area contributed by atoms with Gasteiger partial charge in [-0.1, -0.05) is 5.10 Å². The molecule has 2 aromatic rings. The summed E-state index contributed by atoms with van der Waals surface area (Å²) in [4.78, 5) is 7.02. The quantitative estimate of drug-likeness (QED) is 0.513. The number of quaternary nitrogens is 1. The number of nitrogens with zero attached hydrogens (tertiary/aromatic N) is 5. The van der Waals surface area contributed by atoms with Gasteiger partial charge in [-0.05, 0) is 5.21 Å². The first-order chi connectivity index (χ1) is 6.09. The lowest BCUT2D eigenvalue weighted by Crippen LogP contribution is -3.00. The molecular formula is C7H11ClN6. The van der Waals surface area contributed by atoms with Gasteiger partial charge in [0.25, 0.3) is 5.82 Å². The van der Waals surface area contributed by atoms with Gasteiger partial charge >= 0.3 is 0 Å². The number of hydrogen-bond acceptors (Lipinski definition) is 4. The van der Waals surface area contributed by atoms with Crippen LogP contribution in [-0.4, -0.2) is 46.5 Å². The predicted octanol–water partition coefficient (Wildman–Crippen LogP) is -3.05. The van der Waals surface area contributed by atoms with E-state index in [0.29, 0.717) is 10.1 Å². The Morgan fingerprint density at radius 3 is 2.57 bits per heavy atom. The van der Waals surface area contributed by atoms with E-state index in [2.05, 4.69) is 25.4 Å². The maximum atomic E-state index is 4.01. The van der Waals surface area contributed by atoms with Crippen molar-refractivity contribution < 1.29 is 12.4 Å². The lowest BCUT2D eigenvalue weighted by molar-refractivity contribution is -0.00000325. The van der Waals surface area contributed by atoms with Crippen LogP contribution in [-0.2, 0) is 0 Å². The molecule has 2 rings (SSSR count). The number of hydrogen-bond donors (Lipinski definition) is 1. The monoisotopic (exact) mass is 214 g/mol. The number of fused-ring (bicyclic) bond motifs is 1. The van der Waals surface area contributed by atoms with E-state index >= 15 is 0 Å². The number of aromatic nitrogens is 5. The van der Waals surface area contributed by atoms with Gasteiger partial charge in [-0.25, -0.2) is 4.98 Å². The highest BCUT2D eigenvalue weighted by molar-refractivity contribution is 5.80. The third-order valence-electron chi connectivity index (χ3n) is 1.76. The predicted molar refractivity (Wildman–Crippen MR) is 49.0 cm³/mol. The zero-order chi connectivity index (χ0) is 9.47. The molecule has 0 saturated heterocycles. The molecule has 1 N–H and O–H groups in total. The van der Waals surface area contributed by atoms with E-state index < -0.39 is 0 Å². The Labute approximate surface area is 87.4 Å². The summed E-state index contributed by atoms with van der Waals surface area (Å²) in [7, 11) is 6.05. The Balaban J connectivity index is 0.000000980. The first-order valence-electron chi connectivity index (χ1n) is 3.93. The molecule has 0 fully saturated rings. The zero-order valence-electron chi connectivity index (χ0n) is 8.19. The lowest BCUT2D eigenvalue weighted by Gasteiger charge is -2.20. The van der Waals surface area contributed by atoms with Crippen molar-refractivity contribution in [2.75, 3.05) is 21.1 Å². The third-order valence-corrected chi connectivity index (χ3v) is 1.76. The molecule has 2 heterocycles. The van der Waals surface area contributed by atoms with Gasteiger partial charge in [-0.3, -0.25) is 4.48 Å². The molecule has 0 radical (unpaired) electrons. The second-order valence-electron chi connectivity index (χ2n) is 3.73. The molecule has 7 heteroatoms. The largest absolute Gasteiger partial charge is 1.00 e. The van der Waals surface area contributed by atoms with Gasteiger partial charge in [0.05, 0.1) is 27.5 Å². The fourth-order valence-corrected chi connectivity index (χ4v) is 1.15. The number of nitrogens with one attached hydrogen (secondary N) is 1. The summed E-state index contributed by atoms with van der Waals surface area (Å²) in [6, 6.07) is 0. The van der Waals surface area contributed by atoms with Crippen LogP contribution in [0.4, 0.5) is 5.82 Å². The minimum atomic E-state index is 0. The number of H-pyrrole nitrogens is 1. The van der Waals surface area contributed by atoms with Gasteiger partial charge in [0.2, 0.25) is 5.65 Å². The Kier molecular flexibility index (Phi) is 2.68. The lowest BCUT2D eigenvalue weighted by atomic mass is 10.4. The molecule has 14 heavy (non-hydrogen) atoms. The van der Waals surface area contributed by atoms with Crippen molar-refractivity contribution in [3.8, 4) is 0 Å². The summed E-state index contributed by atoms with van der Waals surface area (Å²) >= 11 is 0. The molecule has 0 spiro atoms. The summed E-state index contributed by atoms with van der Waals surface area (Å²) < 4.78 is 0.591. The topological polar surface area (TPSA) is 67.3 Å². The highest BCUT2D eigenvalue weighted by atomic mass is 35.5. The second kappa shape index (κ2) is 3.47. The van der Waals surface area contributed by atoms with Gasteiger partial charge in [-0.15, -0.1) is 5.10 Å². The minimum absolute atomic E-state index is 0. The summed E-state index contributed by atoms with van der Waals surface area (Å²) in [6.07, 6.45) is 1.60. The van der Waals surface area contributed by atoms with Crippen LogP contribution in [0.2, 0.25) is 0 Å². The Morgan fingerprint density at radius 1 is 1.21 bits per heavy atom. The van der Waals surface area contributed by atoms with Crippen LogP contribution in [0, 0.1) is 0 Å². The third kappa shape index (κ3) is 1.66. The molecular weight excluding hydrogens is 204 g/mol. The van der Waals surface area contributed by atoms with Crippen LogP contribution < -0.4 is 16.9 Å². The maximum Gasteiger partial charge on any atom is 0.275 e. The van der Waals surface area contributed by atoms with Gasteiger partial charge in [0.15, 0.2) is 5.52 Å². The summed E-state index contributed by atoms with van der Waals surface area (Å²) in [5.74, 6) is 0.836. The molecule has 0 amide bonds. The second-order valence-corrected chi connectivity index (χ2v) is 3.73. The van der Waals surface area contributed by atoms with E-state index in [1.807, 2.05) is 21.1 Å². The number of aromatic amines is 1. The standard InChI is InChI=1S/C7H11N6.ClH/c1-13(2,3)7-5-6(9-4-8-5)10-12-11-7;/h4H,1-3H3,(H,8,9,10,11);1H/q+1;/p-1. The summed E-state index contributed by atoms with van der Waals surface area (Å²) in [5.41, 5.74) is 1.46. The highest BCUT2D eigenvalue weighted by Gasteiger charge is 2.20. The van der Waals surface area contributed by atoms with E-state index in [9.17, 15) is 0 Å². The Bertz CT molecular complexity index is 431. The van der Waals surface area contributed by atoms with Gasteiger partial charge < -0.3 is 17.4 Å². The van der Waals surface area contributed by atoms with Crippen LogP contribution >= 0.6 is 0 Å². The highest BCUT2D eigenvalue weighted by Crippen LogP contribution is 2.19. The molecule has 2 aromatic heterocycles. The summed E-state index contributed by atoms with van der Waals surface area (Å²) in [6.45, 7) is 0. The van der Waals surface area contributed by atoms with Crippen molar-refractivity contribution in [2.24, 2.45) is 0 Å². The van der Waals surface area contributed by atoms with Gasteiger partial charge in [0, 0.05) is 0 Å². The van der Waals surface area contributed by atoms with Crippen LogP contribution in [0.15, 0.2) is 6.33 Å². The maximum absolute atomic E-state index is 4.01. The van der Waals surface area contributed by atoms with Crippen LogP contribution in [0.3, 0.4) is 0 Å². The first-order valence-corrected chi connectivity index (χ1v) is 3.93. The number of halogens is 1. The van der Waals surface area contributed by atoms with E-state index in [1.54, 1.807) is 6.33 Å². The van der Waals surface area contributed by atoms with E-state index in [4.69, 9.17) is 0 Å². The molecule has 0 aromatic carbocycles. The average molecular weight is 215 g/mol. The molecule has 0 aliphatic heterocycles. The van der Waals surface area contributed by atoms with Crippen LogP contribution in [0.25, 0.3) is 11.2 Å². The van der Waals surface area contributed by atoms with Crippen molar-refractivity contribution in [2.45, 2.75) is 0 Å². The Hall–Kier alpha value is -1.27. The molecule has 0 aliphatic carbocycles. The normalized spacial score (nSPS) is 11.4. The molecule has 0 atom stereocenters. The van der Waals surface area contributed by atoms with Crippen molar-refractivity contribution >= 4 is 17.0 Å². The molecule has 6 nitrogen and oxygen atoms in total. The van der Waals surface area contributed by atoms with Gasteiger partial charge in [-0.2, -0.15) is 0 Å². The van der Waals surface area contributed by atoms with E-state index in [1.165, 1.54) is 0 Å². The van der Waals surface area contributed by atoms with E-state index in [-0.39, 0.29) is 12.4 Å². The van der Waals surface area contributed by atoms with E-state index in [0.717, 1.165) is 11.3 Å². The van der Waals surface area contributed by atoms with Crippen molar-refractivity contribution in [3.63, 3.8) is 0 Å². The fourth-order valence-electron chi connectivity index (χ4n) is 1.15. The minimum Gasteiger partial charge on any atom is -1.00 e. The van der Waals surface area contributed by atoms with Gasteiger partial charge in [0.1, 0.15) is 0 Å². The molecule has 76 valence electrons. The van der Waals surface area contributed by atoms with Crippen molar-refractivity contribution in [1.82, 2.24) is 29.9 Å². The zero-order valence-corrected chi connectivity index (χ0v) is 8.95. The van der Waals surface area contributed by atoms with Crippen LogP contribution in [0.5, 0.6) is 0 Å². The Morgan fingerprint density at radius 2 is 1.93 bits per heavy atom. The smallest absolute Gasteiger partial charge is 0.275 e. The SMILES string of the molecule is C[N+](C)(C)c1nnnc2nc[nH]c12.[Cl-]. The summed E-state index contributed by atoms with van der Waals surface area (Å²) in [5, 5.41) is 11.4. The first kappa shape index (κ1) is 10.8. The van der Waals surface area contributed by atoms with Crippen LogP contribution in [0.1, 0.15) is 0 Å². The molecule has 0 unspecified atom stereocenters. The molecule has 0 saturated carbocycles. The van der Waals surface area contributed by atoms with Crippen molar-refractivity contribution in [1.29, 1.82) is 0 Å². The molecule has 0 bridgehead atoms. The number of imidazole rings is 1. The number of rotatable bonds is 1. The average Bonchev–Trinajstić information content (AvgIpc) is 2.48.